The van der Waals surface area contributed by atoms with Crippen molar-refractivity contribution in [1.29, 1.82) is 5.26 Å². The molecule has 1 aromatic rings. The minimum atomic E-state index is 0.0996. The van der Waals surface area contributed by atoms with Gasteiger partial charge in [0, 0.05) is 18.8 Å². The number of guanidine groups is 1. The molecule has 1 aliphatic carbocycles. The van der Waals surface area contributed by atoms with Crippen LogP contribution in [-0.4, -0.2) is 34.9 Å². The Morgan fingerprint density at radius 1 is 1.57 bits per heavy atom. The molecule has 1 saturated carbocycles. The maximum absolute atomic E-state index is 9.14. The largest absolute Gasteiger partial charge is 0.357 e. The molecular formula is C15H24N6. The van der Waals surface area contributed by atoms with E-state index in [-0.39, 0.29) is 12.0 Å². The molecule has 0 spiro atoms. The van der Waals surface area contributed by atoms with Crippen molar-refractivity contribution in [3.8, 4) is 6.07 Å². The molecule has 2 N–H and O–H groups in total. The van der Waals surface area contributed by atoms with E-state index in [4.69, 9.17) is 5.26 Å². The lowest BCUT2D eigenvalue weighted by atomic mass is 10.1. The maximum atomic E-state index is 9.14. The van der Waals surface area contributed by atoms with E-state index >= 15 is 0 Å². The van der Waals surface area contributed by atoms with Gasteiger partial charge in [0.15, 0.2) is 5.96 Å². The predicted molar refractivity (Wildman–Crippen MR) is 82.8 cm³/mol. The fraction of sp³-hybridized carbons (Fsp3) is 0.667. The first-order valence-electron chi connectivity index (χ1n) is 7.66. The van der Waals surface area contributed by atoms with Crippen LogP contribution in [0.25, 0.3) is 0 Å². The first-order chi connectivity index (χ1) is 10.2. The molecule has 1 aromatic heterocycles. The van der Waals surface area contributed by atoms with E-state index in [9.17, 15) is 0 Å². The molecule has 114 valence electrons. The average Bonchev–Trinajstić information content (AvgIpc) is 3.08. The lowest BCUT2D eigenvalue weighted by molar-refractivity contribution is 0.531. The number of nitrogens with one attached hydrogen (secondary N) is 2. The second-order valence-electron chi connectivity index (χ2n) is 5.46. The summed E-state index contributed by atoms with van der Waals surface area (Å²) in [5, 5.41) is 20.0. The lowest BCUT2D eigenvalue weighted by Crippen LogP contribution is -2.44. The summed E-state index contributed by atoms with van der Waals surface area (Å²) in [6, 6.07) is 2.61. The van der Waals surface area contributed by atoms with E-state index in [1.54, 1.807) is 0 Å². The monoisotopic (exact) mass is 288 g/mol. The molecule has 0 aliphatic heterocycles. The van der Waals surface area contributed by atoms with Crippen molar-refractivity contribution in [3.63, 3.8) is 0 Å². The van der Waals surface area contributed by atoms with Gasteiger partial charge < -0.3 is 10.6 Å². The number of aliphatic imine (C=N–C) groups is 1. The van der Waals surface area contributed by atoms with Crippen molar-refractivity contribution < 1.29 is 0 Å². The third-order valence-corrected chi connectivity index (χ3v) is 3.71. The third-order valence-electron chi connectivity index (χ3n) is 3.71. The smallest absolute Gasteiger partial charge is 0.191 e. The zero-order valence-corrected chi connectivity index (χ0v) is 12.8. The van der Waals surface area contributed by atoms with Gasteiger partial charge in [0.2, 0.25) is 0 Å². The molecule has 1 heterocycles. The van der Waals surface area contributed by atoms with Crippen molar-refractivity contribution in [3.05, 3.63) is 18.0 Å². The minimum Gasteiger partial charge on any atom is -0.357 e. The fourth-order valence-electron chi connectivity index (χ4n) is 2.64. The van der Waals surface area contributed by atoms with Gasteiger partial charge in [-0.15, -0.1) is 0 Å². The maximum Gasteiger partial charge on any atom is 0.191 e. The van der Waals surface area contributed by atoms with Crippen molar-refractivity contribution in [2.45, 2.75) is 45.7 Å². The molecular weight excluding hydrogens is 264 g/mol. The number of nitriles is 1. The highest BCUT2D eigenvalue weighted by molar-refractivity contribution is 5.80. The SMILES string of the molecule is CCNC(=NCCn1cc(C)cn1)NC1CCCC1C#N. The number of aryl methyl sites for hydroxylation is 1. The molecule has 2 rings (SSSR count). The Labute approximate surface area is 126 Å². The van der Waals surface area contributed by atoms with Gasteiger partial charge >= 0.3 is 0 Å². The van der Waals surface area contributed by atoms with Gasteiger partial charge in [0.25, 0.3) is 0 Å². The van der Waals surface area contributed by atoms with Crippen LogP contribution in [0.2, 0.25) is 0 Å². The van der Waals surface area contributed by atoms with Crippen molar-refractivity contribution in [2.24, 2.45) is 10.9 Å². The normalized spacial score (nSPS) is 22.0. The van der Waals surface area contributed by atoms with E-state index in [0.29, 0.717) is 6.54 Å². The van der Waals surface area contributed by atoms with Gasteiger partial charge in [0.05, 0.1) is 31.3 Å². The molecule has 2 unspecified atom stereocenters. The van der Waals surface area contributed by atoms with Crippen LogP contribution in [0.3, 0.4) is 0 Å². The Balaban J connectivity index is 1.88. The molecule has 0 amide bonds. The average molecular weight is 288 g/mol. The highest BCUT2D eigenvalue weighted by atomic mass is 15.3. The van der Waals surface area contributed by atoms with Crippen LogP contribution >= 0.6 is 0 Å². The Hall–Kier alpha value is -2.03. The van der Waals surface area contributed by atoms with Gasteiger partial charge in [0.1, 0.15) is 0 Å². The van der Waals surface area contributed by atoms with Gasteiger partial charge in [-0.2, -0.15) is 10.4 Å². The molecule has 0 aromatic carbocycles. The first-order valence-corrected chi connectivity index (χ1v) is 7.66. The number of hydrogen-bond donors (Lipinski definition) is 2. The van der Waals surface area contributed by atoms with Crippen LogP contribution in [-0.2, 0) is 6.54 Å². The Morgan fingerprint density at radius 3 is 3.10 bits per heavy atom. The molecule has 6 heteroatoms. The zero-order valence-electron chi connectivity index (χ0n) is 12.8. The summed E-state index contributed by atoms with van der Waals surface area (Å²) < 4.78 is 1.90. The summed E-state index contributed by atoms with van der Waals surface area (Å²) in [5.41, 5.74) is 1.16. The van der Waals surface area contributed by atoms with Gasteiger partial charge in [-0.05, 0) is 38.7 Å². The van der Waals surface area contributed by atoms with Gasteiger partial charge in [-0.3, -0.25) is 9.67 Å². The summed E-state index contributed by atoms with van der Waals surface area (Å²) in [6.07, 6.45) is 7.00. The van der Waals surface area contributed by atoms with Crippen molar-refractivity contribution >= 4 is 5.96 Å². The first kappa shape index (κ1) is 15.4. The van der Waals surface area contributed by atoms with E-state index in [1.807, 2.05) is 30.9 Å². The highest BCUT2D eigenvalue weighted by Crippen LogP contribution is 2.24. The minimum absolute atomic E-state index is 0.0996. The van der Waals surface area contributed by atoms with Crippen molar-refractivity contribution in [2.75, 3.05) is 13.1 Å². The van der Waals surface area contributed by atoms with Crippen LogP contribution in [0.15, 0.2) is 17.4 Å². The molecule has 1 fully saturated rings. The van der Waals surface area contributed by atoms with Crippen LogP contribution in [0.1, 0.15) is 31.7 Å². The molecule has 0 bridgehead atoms. The second kappa shape index (κ2) is 7.67. The second-order valence-corrected chi connectivity index (χ2v) is 5.46. The molecule has 0 radical (unpaired) electrons. The summed E-state index contributed by atoms with van der Waals surface area (Å²) in [5.74, 6) is 0.899. The number of hydrogen-bond acceptors (Lipinski definition) is 3. The van der Waals surface area contributed by atoms with E-state index in [2.05, 4.69) is 26.8 Å². The number of nitrogens with zero attached hydrogens (tertiary/aromatic N) is 4. The van der Waals surface area contributed by atoms with Crippen LogP contribution in [0.5, 0.6) is 0 Å². The quantitative estimate of drug-likeness (QED) is 0.635. The standard InChI is InChI=1S/C15H24N6/c1-3-17-15(20-14-6-4-5-13(14)9-16)18-7-8-21-11-12(2)10-19-21/h10-11,13-14H,3-8H2,1-2H3,(H2,17,18,20). The fourth-order valence-corrected chi connectivity index (χ4v) is 2.64. The number of rotatable bonds is 5. The molecule has 2 atom stereocenters. The van der Waals surface area contributed by atoms with E-state index in [1.165, 1.54) is 0 Å². The van der Waals surface area contributed by atoms with Crippen molar-refractivity contribution in [1.82, 2.24) is 20.4 Å². The number of aromatic nitrogens is 2. The summed E-state index contributed by atoms with van der Waals surface area (Å²) in [4.78, 5) is 4.57. The topological polar surface area (TPSA) is 78.0 Å². The van der Waals surface area contributed by atoms with E-state index in [0.717, 1.165) is 43.9 Å². The molecule has 6 nitrogen and oxygen atoms in total. The third kappa shape index (κ3) is 4.48. The zero-order chi connectivity index (χ0) is 15.1. The highest BCUT2D eigenvalue weighted by Gasteiger charge is 2.27. The van der Waals surface area contributed by atoms with Gasteiger partial charge in [-0.25, -0.2) is 0 Å². The van der Waals surface area contributed by atoms with Crippen LogP contribution < -0.4 is 10.6 Å². The summed E-state index contributed by atoms with van der Waals surface area (Å²) in [6.45, 7) is 6.32. The summed E-state index contributed by atoms with van der Waals surface area (Å²) in [7, 11) is 0. The van der Waals surface area contributed by atoms with Crippen LogP contribution in [0.4, 0.5) is 0 Å². The van der Waals surface area contributed by atoms with Crippen LogP contribution in [0, 0.1) is 24.2 Å². The molecule has 1 aliphatic rings. The Morgan fingerprint density at radius 2 is 2.43 bits per heavy atom. The summed E-state index contributed by atoms with van der Waals surface area (Å²) >= 11 is 0. The Bertz CT molecular complexity index is 512. The van der Waals surface area contributed by atoms with Gasteiger partial charge in [-0.1, -0.05) is 0 Å². The lowest BCUT2D eigenvalue weighted by Gasteiger charge is -2.19. The molecule has 0 saturated heterocycles. The molecule has 21 heavy (non-hydrogen) atoms. The Kier molecular flexibility index (Phi) is 5.61. The van der Waals surface area contributed by atoms with E-state index < -0.39 is 0 Å². The predicted octanol–water partition coefficient (Wildman–Crippen LogP) is 1.44.